The van der Waals surface area contributed by atoms with E-state index in [0.29, 0.717) is 10.6 Å². The molecule has 0 amide bonds. The highest BCUT2D eigenvalue weighted by atomic mass is 35.5. The van der Waals surface area contributed by atoms with Gasteiger partial charge in [0.2, 0.25) is 0 Å². The quantitative estimate of drug-likeness (QED) is 0.744. The smallest absolute Gasteiger partial charge is 0.109 e. The van der Waals surface area contributed by atoms with Gasteiger partial charge in [-0.25, -0.2) is 0 Å². The highest BCUT2D eigenvalue weighted by molar-refractivity contribution is 6.42. The second-order valence-electron chi connectivity index (χ2n) is 2.84. The normalized spacial score (nSPS) is 15.2. The van der Waals surface area contributed by atoms with E-state index in [1.54, 1.807) is 12.1 Å². The van der Waals surface area contributed by atoms with Gasteiger partial charge < -0.3 is 15.3 Å². The molecule has 78 valence electrons. The predicted molar refractivity (Wildman–Crippen MR) is 54.5 cm³/mol. The summed E-state index contributed by atoms with van der Waals surface area (Å²) in [7, 11) is 0. The summed E-state index contributed by atoms with van der Waals surface area (Å²) in [4.78, 5) is 0. The summed E-state index contributed by atoms with van der Waals surface area (Å²) < 4.78 is 0. The minimum absolute atomic E-state index is 0.189. The fourth-order valence-corrected chi connectivity index (χ4v) is 1.48. The third-order valence-corrected chi connectivity index (χ3v) is 2.69. The number of halogens is 2. The van der Waals surface area contributed by atoms with Gasteiger partial charge in [-0.2, -0.15) is 0 Å². The molecule has 0 aliphatic rings. The average Bonchev–Trinajstić information content (AvgIpc) is 2.20. The first-order valence-corrected chi connectivity index (χ1v) is 4.74. The molecule has 0 fully saturated rings. The standard InChI is InChI=1S/C9H10Cl2O3/c10-6-3-1-2-5(8(6)11)9(14)7(13)4-12/h1-3,7,9,12-14H,4H2. The van der Waals surface area contributed by atoms with Crippen LogP contribution in [0.5, 0.6) is 0 Å². The zero-order chi connectivity index (χ0) is 10.7. The Morgan fingerprint density at radius 2 is 1.86 bits per heavy atom. The lowest BCUT2D eigenvalue weighted by Gasteiger charge is -2.17. The minimum Gasteiger partial charge on any atom is -0.394 e. The second kappa shape index (κ2) is 4.96. The molecule has 1 aromatic carbocycles. The minimum atomic E-state index is -1.26. The van der Waals surface area contributed by atoms with Crippen LogP contribution < -0.4 is 0 Å². The first-order chi connectivity index (χ1) is 6.57. The Labute approximate surface area is 91.5 Å². The molecular formula is C9H10Cl2O3. The van der Waals surface area contributed by atoms with Crippen molar-refractivity contribution in [3.63, 3.8) is 0 Å². The van der Waals surface area contributed by atoms with Crippen molar-refractivity contribution in [3.8, 4) is 0 Å². The first-order valence-electron chi connectivity index (χ1n) is 3.98. The average molecular weight is 237 g/mol. The number of aliphatic hydroxyl groups is 3. The van der Waals surface area contributed by atoms with Gasteiger partial charge in [0, 0.05) is 5.56 Å². The van der Waals surface area contributed by atoms with Crippen molar-refractivity contribution < 1.29 is 15.3 Å². The van der Waals surface area contributed by atoms with Crippen LogP contribution in [-0.2, 0) is 0 Å². The zero-order valence-corrected chi connectivity index (χ0v) is 8.70. The summed E-state index contributed by atoms with van der Waals surface area (Å²) in [5.41, 5.74) is 0.306. The largest absolute Gasteiger partial charge is 0.394 e. The van der Waals surface area contributed by atoms with Crippen LogP contribution in [-0.4, -0.2) is 28.0 Å². The van der Waals surface area contributed by atoms with Crippen molar-refractivity contribution in [3.05, 3.63) is 33.8 Å². The summed E-state index contributed by atoms with van der Waals surface area (Å²) in [6.07, 6.45) is -2.49. The molecule has 3 nitrogen and oxygen atoms in total. The maximum Gasteiger partial charge on any atom is 0.109 e. The number of hydrogen-bond acceptors (Lipinski definition) is 3. The Morgan fingerprint density at radius 3 is 2.43 bits per heavy atom. The van der Waals surface area contributed by atoms with E-state index in [9.17, 15) is 10.2 Å². The molecule has 0 aliphatic carbocycles. The molecule has 1 aromatic rings. The van der Waals surface area contributed by atoms with E-state index < -0.39 is 18.8 Å². The van der Waals surface area contributed by atoms with Gasteiger partial charge in [0.05, 0.1) is 16.7 Å². The van der Waals surface area contributed by atoms with Crippen LogP contribution in [0.25, 0.3) is 0 Å². The molecule has 0 aromatic heterocycles. The number of benzene rings is 1. The maximum absolute atomic E-state index is 9.54. The van der Waals surface area contributed by atoms with Gasteiger partial charge in [-0.1, -0.05) is 35.3 Å². The van der Waals surface area contributed by atoms with Crippen molar-refractivity contribution in [2.24, 2.45) is 0 Å². The van der Waals surface area contributed by atoms with E-state index in [1.165, 1.54) is 6.07 Å². The molecule has 5 heteroatoms. The maximum atomic E-state index is 9.54. The Bertz CT molecular complexity index is 317. The molecule has 2 unspecified atom stereocenters. The molecule has 3 N–H and O–H groups in total. The van der Waals surface area contributed by atoms with E-state index >= 15 is 0 Å². The topological polar surface area (TPSA) is 60.7 Å². The molecule has 0 heterocycles. The lowest BCUT2D eigenvalue weighted by molar-refractivity contribution is -0.0152. The summed E-state index contributed by atoms with van der Waals surface area (Å²) in [6, 6.07) is 4.72. The van der Waals surface area contributed by atoms with Crippen molar-refractivity contribution in [1.29, 1.82) is 0 Å². The number of hydrogen-bond donors (Lipinski definition) is 3. The van der Waals surface area contributed by atoms with Crippen LogP contribution in [0.3, 0.4) is 0 Å². The van der Waals surface area contributed by atoms with Gasteiger partial charge in [-0.15, -0.1) is 0 Å². The molecule has 2 atom stereocenters. The monoisotopic (exact) mass is 236 g/mol. The number of rotatable bonds is 3. The van der Waals surface area contributed by atoms with Gasteiger partial charge in [0.15, 0.2) is 0 Å². The van der Waals surface area contributed by atoms with E-state index in [1.807, 2.05) is 0 Å². The van der Waals surface area contributed by atoms with Crippen molar-refractivity contribution in [1.82, 2.24) is 0 Å². The molecule has 0 saturated heterocycles. The predicted octanol–water partition coefficient (Wildman–Crippen LogP) is 1.38. The van der Waals surface area contributed by atoms with Gasteiger partial charge in [-0.3, -0.25) is 0 Å². The summed E-state index contributed by atoms with van der Waals surface area (Å²) in [6.45, 7) is -0.538. The molecule has 0 bridgehead atoms. The van der Waals surface area contributed by atoms with Crippen LogP contribution in [0.1, 0.15) is 11.7 Å². The van der Waals surface area contributed by atoms with E-state index in [4.69, 9.17) is 28.3 Å². The summed E-state index contributed by atoms with van der Waals surface area (Å²) in [5, 5.41) is 27.9. The third kappa shape index (κ3) is 2.38. The van der Waals surface area contributed by atoms with Crippen LogP contribution in [0.2, 0.25) is 10.0 Å². The lowest BCUT2D eigenvalue weighted by atomic mass is 10.1. The molecule has 14 heavy (non-hydrogen) atoms. The van der Waals surface area contributed by atoms with Crippen molar-refractivity contribution in [2.75, 3.05) is 6.61 Å². The highest BCUT2D eigenvalue weighted by Gasteiger charge is 2.20. The molecule has 0 radical (unpaired) electrons. The van der Waals surface area contributed by atoms with Gasteiger partial charge in [-0.05, 0) is 6.07 Å². The van der Waals surface area contributed by atoms with Gasteiger partial charge in [0.1, 0.15) is 12.2 Å². The molecule has 0 saturated carbocycles. The van der Waals surface area contributed by atoms with Crippen molar-refractivity contribution >= 4 is 23.2 Å². The van der Waals surface area contributed by atoms with Crippen LogP contribution in [0, 0.1) is 0 Å². The SMILES string of the molecule is OCC(O)C(O)c1cccc(Cl)c1Cl. The van der Waals surface area contributed by atoms with Crippen LogP contribution in [0.15, 0.2) is 18.2 Å². The fraction of sp³-hybridized carbons (Fsp3) is 0.333. The lowest BCUT2D eigenvalue weighted by Crippen LogP contribution is -2.22. The van der Waals surface area contributed by atoms with Gasteiger partial charge in [0.25, 0.3) is 0 Å². The zero-order valence-electron chi connectivity index (χ0n) is 7.19. The molecular weight excluding hydrogens is 227 g/mol. The third-order valence-electron chi connectivity index (χ3n) is 1.85. The van der Waals surface area contributed by atoms with E-state index in [2.05, 4.69) is 0 Å². The second-order valence-corrected chi connectivity index (χ2v) is 3.62. The summed E-state index contributed by atoms with van der Waals surface area (Å²) >= 11 is 11.5. The molecule has 0 spiro atoms. The van der Waals surface area contributed by atoms with E-state index in [-0.39, 0.29) is 5.02 Å². The summed E-state index contributed by atoms with van der Waals surface area (Å²) in [5.74, 6) is 0. The van der Waals surface area contributed by atoms with Crippen LogP contribution >= 0.6 is 23.2 Å². The van der Waals surface area contributed by atoms with E-state index in [0.717, 1.165) is 0 Å². The molecule has 1 rings (SSSR count). The Hall–Kier alpha value is -0.320. The Morgan fingerprint density at radius 1 is 1.21 bits per heavy atom. The fourth-order valence-electron chi connectivity index (χ4n) is 1.06. The first kappa shape index (κ1) is 11.8. The number of aliphatic hydroxyl groups excluding tert-OH is 3. The van der Waals surface area contributed by atoms with Crippen LogP contribution in [0.4, 0.5) is 0 Å². The van der Waals surface area contributed by atoms with Crippen molar-refractivity contribution in [2.45, 2.75) is 12.2 Å². The molecule has 0 aliphatic heterocycles. The van der Waals surface area contributed by atoms with Gasteiger partial charge >= 0.3 is 0 Å². The Balaban J connectivity index is 3.01. The Kier molecular flexibility index (Phi) is 4.16. The highest BCUT2D eigenvalue weighted by Crippen LogP contribution is 2.31.